The van der Waals surface area contributed by atoms with Gasteiger partial charge in [-0.05, 0) is 12.1 Å². The highest BCUT2D eigenvalue weighted by Crippen LogP contribution is 2.25. The van der Waals surface area contributed by atoms with Crippen LogP contribution in [0.15, 0.2) is 66.6 Å². The molecule has 1 amide bonds. The molecule has 3 heterocycles. The summed E-state index contributed by atoms with van der Waals surface area (Å²) in [7, 11) is -4.09. The summed E-state index contributed by atoms with van der Waals surface area (Å²) in [6.07, 6.45) is 5.77. The van der Waals surface area contributed by atoms with Gasteiger partial charge in [0.15, 0.2) is 10.7 Å². The molecule has 1 aromatic carbocycles. The average molecular weight is 411 g/mol. The number of nitrogens with one attached hydrogen (secondary N) is 3. The number of carbonyl (C=O) groups excluding carboxylic acids is 1. The van der Waals surface area contributed by atoms with Crippen LogP contribution < -0.4 is 10.6 Å². The fraction of sp³-hybridized carbons (Fsp3) is 0. The molecule has 0 saturated heterocycles. The lowest BCUT2D eigenvalue weighted by Crippen LogP contribution is -2.17. The lowest BCUT2D eigenvalue weighted by atomic mass is 10.3. The highest BCUT2D eigenvalue weighted by atomic mass is 32.2. The van der Waals surface area contributed by atoms with Crippen molar-refractivity contribution in [3.63, 3.8) is 0 Å². The second-order valence-corrected chi connectivity index (χ2v) is 7.38. The van der Waals surface area contributed by atoms with Gasteiger partial charge in [0.1, 0.15) is 24.7 Å². The number of aromatic nitrogens is 7. The SMILES string of the molecule is O=C(Nc1ccccc1)c1[nH]ncc1Nc1ncncc1S(=O)(=O)n1cncn1. The molecule has 0 saturated carbocycles. The van der Waals surface area contributed by atoms with Crippen LogP contribution in [0.1, 0.15) is 10.5 Å². The number of amides is 1. The molecule has 13 heteroatoms. The van der Waals surface area contributed by atoms with E-state index < -0.39 is 15.9 Å². The van der Waals surface area contributed by atoms with Gasteiger partial charge in [-0.25, -0.2) is 15.0 Å². The summed E-state index contributed by atoms with van der Waals surface area (Å²) in [5.41, 5.74) is 0.915. The topological polar surface area (TPSA) is 160 Å². The highest BCUT2D eigenvalue weighted by molar-refractivity contribution is 7.90. The van der Waals surface area contributed by atoms with E-state index in [4.69, 9.17) is 0 Å². The molecule has 0 aliphatic heterocycles. The van der Waals surface area contributed by atoms with E-state index in [0.717, 1.165) is 18.9 Å². The number of hydrogen-bond acceptors (Lipinski definition) is 9. The first-order valence-electron chi connectivity index (χ1n) is 8.12. The Hall–Kier alpha value is -4.13. The molecule has 0 radical (unpaired) electrons. The summed E-state index contributed by atoms with van der Waals surface area (Å²) in [5, 5.41) is 15.6. The maximum atomic E-state index is 12.7. The molecule has 0 atom stereocenters. The van der Waals surface area contributed by atoms with E-state index in [1.54, 1.807) is 24.3 Å². The van der Waals surface area contributed by atoms with Gasteiger partial charge < -0.3 is 10.6 Å². The Morgan fingerprint density at radius 2 is 1.90 bits per heavy atom. The zero-order chi connectivity index (χ0) is 20.3. The Morgan fingerprint density at radius 3 is 2.66 bits per heavy atom. The summed E-state index contributed by atoms with van der Waals surface area (Å²) in [6.45, 7) is 0. The van der Waals surface area contributed by atoms with Gasteiger partial charge in [-0.1, -0.05) is 18.2 Å². The summed E-state index contributed by atoms with van der Waals surface area (Å²) in [4.78, 5) is 23.7. The minimum Gasteiger partial charge on any atom is -0.336 e. The van der Waals surface area contributed by atoms with Crippen LogP contribution in [0.5, 0.6) is 0 Å². The number of hydrogen-bond donors (Lipinski definition) is 3. The number of anilines is 3. The molecule has 4 aromatic rings. The fourth-order valence-electron chi connectivity index (χ4n) is 2.42. The summed E-state index contributed by atoms with van der Waals surface area (Å²) in [6, 6.07) is 8.85. The van der Waals surface area contributed by atoms with E-state index in [2.05, 4.69) is 40.9 Å². The monoisotopic (exact) mass is 411 g/mol. The number of para-hydroxylation sites is 1. The fourth-order valence-corrected chi connectivity index (χ4v) is 3.51. The van der Waals surface area contributed by atoms with E-state index in [9.17, 15) is 13.2 Å². The van der Waals surface area contributed by atoms with Gasteiger partial charge in [0, 0.05) is 5.69 Å². The van der Waals surface area contributed by atoms with Crippen LogP contribution >= 0.6 is 0 Å². The molecule has 0 aliphatic carbocycles. The molecule has 0 spiro atoms. The number of aromatic amines is 1. The van der Waals surface area contributed by atoms with Crippen LogP contribution in [0, 0.1) is 0 Å². The third-order valence-electron chi connectivity index (χ3n) is 3.75. The first-order chi connectivity index (χ1) is 14.1. The quantitative estimate of drug-likeness (QED) is 0.421. The zero-order valence-corrected chi connectivity index (χ0v) is 15.4. The molecular weight excluding hydrogens is 398 g/mol. The van der Waals surface area contributed by atoms with Crippen molar-refractivity contribution in [2.45, 2.75) is 4.90 Å². The van der Waals surface area contributed by atoms with E-state index in [-0.39, 0.29) is 22.1 Å². The first-order valence-corrected chi connectivity index (χ1v) is 9.57. The standard InChI is InChI=1S/C16H13N9O3S/c26-16(22-11-4-2-1-3-5-11)14-12(6-20-24-14)23-15-13(7-17-8-19-15)29(27,28)25-10-18-9-21-25/h1-10H,(H,20,24)(H,22,26)(H,17,19,23). The van der Waals surface area contributed by atoms with E-state index in [1.165, 1.54) is 12.5 Å². The van der Waals surface area contributed by atoms with Crippen LogP contribution in [0.3, 0.4) is 0 Å². The predicted molar refractivity (Wildman–Crippen MR) is 101 cm³/mol. The molecule has 146 valence electrons. The van der Waals surface area contributed by atoms with Crippen molar-refractivity contribution in [2.24, 2.45) is 0 Å². The number of nitrogens with zero attached hydrogens (tertiary/aromatic N) is 6. The number of rotatable bonds is 6. The van der Waals surface area contributed by atoms with E-state index >= 15 is 0 Å². The van der Waals surface area contributed by atoms with Crippen molar-refractivity contribution < 1.29 is 13.2 Å². The van der Waals surface area contributed by atoms with Gasteiger partial charge in [0.2, 0.25) is 0 Å². The summed E-state index contributed by atoms with van der Waals surface area (Å²) >= 11 is 0. The second-order valence-electron chi connectivity index (χ2n) is 5.61. The largest absolute Gasteiger partial charge is 0.336 e. The molecule has 3 aromatic heterocycles. The van der Waals surface area contributed by atoms with Crippen LogP contribution in [-0.2, 0) is 10.0 Å². The first kappa shape index (κ1) is 18.2. The van der Waals surface area contributed by atoms with Crippen LogP contribution in [-0.4, -0.2) is 48.7 Å². The van der Waals surface area contributed by atoms with Gasteiger partial charge in [-0.2, -0.15) is 13.5 Å². The molecule has 0 aliphatic rings. The Balaban J connectivity index is 1.64. The Bertz CT molecular complexity index is 1240. The lowest BCUT2D eigenvalue weighted by Gasteiger charge is -2.11. The Morgan fingerprint density at radius 1 is 1.07 bits per heavy atom. The minimum absolute atomic E-state index is 0.0503. The molecule has 4 rings (SSSR count). The van der Waals surface area contributed by atoms with Crippen LogP contribution in [0.2, 0.25) is 0 Å². The highest BCUT2D eigenvalue weighted by Gasteiger charge is 2.24. The molecule has 0 unspecified atom stereocenters. The lowest BCUT2D eigenvalue weighted by molar-refractivity contribution is 0.102. The Kier molecular flexibility index (Phi) is 4.70. The van der Waals surface area contributed by atoms with Gasteiger partial charge in [-0.3, -0.25) is 9.89 Å². The smallest absolute Gasteiger partial charge is 0.289 e. The van der Waals surface area contributed by atoms with Crippen molar-refractivity contribution in [1.29, 1.82) is 0 Å². The number of H-pyrrole nitrogens is 1. The summed E-state index contributed by atoms with van der Waals surface area (Å²) in [5.74, 6) is -0.517. The van der Waals surface area contributed by atoms with Gasteiger partial charge in [-0.15, -0.1) is 9.19 Å². The third-order valence-corrected chi connectivity index (χ3v) is 5.29. The van der Waals surface area contributed by atoms with E-state index in [1.807, 2.05) is 6.07 Å². The Labute approximate surface area is 164 Å². The van der Waals surface area contributed by atoms with Gasteiger partial charge >= 0.3 is 0 Å². The molecule has 0 fully saturated rings. The van der Waals surface area contributed by atoms with E-state index in [0.29, 0.717) is 9.77 Å². The molecular formula is C16H13N9O3S. The maximum absolute atomic E-state index is 12.7. The van der Waals surface area contributed by atoms with Crippen LogP contribution in [0.25, 0.3) is 0 Å². The summed E-state index contributed by atoms with van der Waals surface area (Å²) < 4.78 is 26.2. The number of carbonyl (C=O) groups is 1. The molecule has 3 N–H and O–H groups in total. The van der Waals surface area contributed by atoms with Crippen molar-refractivity contribution in [1.82, 2.24) is 34.3 Å². The third kappa shape index (κ3) is 3.66. The van der Waals surface area contributed by atoms with Crippen molar-refractivity contribution in [3.05, 3.63) is 67.4 Å². The normalized spacial score (nSPS) is 11.2. The molecule has 12 nitrogen and oxygen atoms in total. The zero-order valence-electron chi connectivity index (χ0n) is 14.6. The van der Waals surface area contributed by atoms with Crippen molar-refractivity contribution in [2.75, 3.05) is 10.6 Å². The van der Waals surface area contributed by atoms with Gasteiger partial charge in [0.05, 0.1) is 18.1 Å². The molecule has 0 bridgehead atoms. The average Bonchev–Trinajstić information content (AvgIpc) is 3.42. The molecule has 29 heavy (non-hydrogen) atoms. The van der Waals surface area contributed by atoms with Gasteiger partial charge in [0.25, 0.3) is 15.9 Å². The predicted octanol–water partition coefficient (Wildman–Crippen LogP) is 1.02. The van der Waals surface area contributed by atoms with Crippen LogP contribution in [0.4, 0.5) is 17.2 Å². The minimum atomic E-state index is -4.09. The maximum Gasteiger partial charge on any atom is 0.289 e. The van der Waals surface area contributed by atoms with Crippen molar-refractivity contribution in [3.8, 4) is 0 Å². The number of benzene rings is 1. The second kappa shape index (κ2) is 7.47. The van der Waals surface area contributed by atoms with Crippen molar-refractivity contribution >= 4 is 33.1 Å².